The maximum Gasteiger partial charge on any atom is 0.327 e. The van der Waals surface area contributed by atoms with Gasteiger partial charge in [0.1, 0.15) is 5.69 Å². The summed E-state index contributed by atoms with van der Waals surface area (Å²) in [6.45, 7) is 0. The van der Waals surface area contributed by atoms with Gasteiger partial charge in [-0.2, -0.15) is 4.39 Å². The molecule has 0 amide bonds. The third kappa shape index (κ3) is 2.36. The van der Waals surface area contributed by atoms with Crippen molar-refractivity contribution in [2.75, 3.05) is 12.4 Å². The van der Waals surface area contributed by atoms with Crippen molar-refractivity contribution in [1.82, 2.24) is 0 Å². The number of ether oxygens (including phenoxy) is 1. The average molecular weight is 240 g/mol. The number of halogens is 1. The summed E-state index contributed by atoms with van der Waals surface area (Å²) >= 11 is 0. The summed E-state index contributed by atoms with van der Waals surface area (Å²) in [4.78, 5) is 10.0. The monoisotopic (exact) mass is 240 g/mol. The minimum atomic E-state index is -0.817. The van der Waals surface area contributed by atoms with Gasteiger partial charge >= 0.3 is 5.69 Å². The molecular weight excluding hydrogens is 227 g/mol. The Bertz CT molecular complexity index is 433. The molecule has 0 spiro atoms. The normalized spacial score (nSPS) is 22.9. The van der Waals surface area contributed by atoms with Gasteiger partial charge in [0.05, 0.1) is 11.0 Å². The Morgan fingerprint density at radius 3 is 2.82 bits per heavy atom. The number of methoxy groups -OCH3 is 1. The van der Waals surface area contributed by atoms with Crippen LogP contribution in [0.1, 0.15) is 12.8 Å². The topological polar surface area (TPSA) is 64.4 Å². The highest BCUT2D eigenvalue weighted by Crippen LogP contribution is 2.32. The Hall–Kier alpha value is -1.69. The van der Waals surface area contributed by atoms with Gasteiger partial charge in [-0.15, -0.1) is 0 Å². The summed E-state index contributed by atoms with van der Waals surface area (Å²) in [6, 6.07) is 4.17. The number of benzene rings is 1. The zero-order valence-electron chi connectivity index (χ0n) is 9.35. The third-order valence-corrected chi connectivity index (χ3v) is 2.96. The van der Waals surface area contributed by atoms with Gasteiger partial charge < -0.3 is 10.1 Å². The van der Waals surface area contributed by atoms with E-state index in [2.05, 4.69) is 5.32 Å². The van der Waals surface area contributed by atoms with E-state index in [0.29, 0.717) is 0 Å². The Balaban J connectivity index is 2.11. The quantitative estimate of drug-likeness (QED) is 0.648. The third-order valence-electron chi connectivity index (χ3n) is 2.96. The molecule has 0 heterocycles. The van der Waals surface area contributed by atoms with Crippen LogP contribution in [0.4, 0.5) is 15.8 Å². The van der Waals surface area contributed by atoms with Crippen molar-refractivity contribution in [3.63, 3.8) is 0 Å². The lowest BCUT2D eigenvalue weighted by Gasteiger charge is -2.35. The number of nitro groups is 1. The molecule has 1 fully saturated rings. The van der Waals surface area contributed by atoms with Gasteiger partial charge in [-0.25, -0.2) is 0 Å². The molecule has 17 heavy (non-hydrogen) atoms. The minimum Gasteiger partial charge on any atom is -0.381 e. The predicted octanol–water partition coefficient (Wildman–Crippen LogP) is 2.32. The highest BCUT2D eigenvalue weighted by atomic mass is 19.1. The summed E-state index contributed by atoms with van der Waals surface area (Å²) in [5.41, 5.74) is -0.261. The lowest BCUT2D eigenvalue weighted by Crippen LogP contribution is -2.40. The van der Waals surface area contributed by atoms with E-state index in [4.69, 9.17) is 4.74 Å². The number of hydrogen-bond acceptors (Lipinski definition) is 4. The number of para-hydroxylation sites is 1. The minimum absolute atomic E-state index is 0.112. The maximum atomic E-state index is 13.3. The zero-order chi connectivity index (χ0) is 12.4. The van der Waals surface area contributed by atoms with Crippen molar-refractivity contribution >= 4 is 11.4 Å². The first-order chi connectivity index (χ1) is 8.11. The largest absolute Gasteiger partial charge is 0.381 e. The fraction of sp³-hybridized carbons (Fsp3) is 0.455. The first-order valence-corrected chi connectivity index (χ1v) is 5.34. The molecule has 0 atom stereocenters. The average Bonchev–Trinajstić information content (AvgIpc) is 2.22. The van der Waals surface area contributed by atoms with E-state index >= 15 is 0 Å². The van der Waals surface area contributed by atoms with Crippen LogP contribution in [-0.4, -0.2) is 24.2 Å². The molecule has 1 saturated carbocycles. The Morgan fingerprint density at radius 1 is 1.53 bits per heavy atom. The van der Waals surface area contributed by atoms with Crippen LogP contribution in [0.15, 0.2) is 18.2 Å². The van der Waals surface area contributed by atoms with Gasteiger partial charge in [0.15, 0.2) is 0 Å². The summed E-state index contributed by atoms with van der Waals surface area (Å²) in [7, 11) is 1.63. The highest BCUT2D eigenvalue weighted by molar-refractivity contribution is 5.62. The van der Waals surface area contributed by atoms with E-state index in [1.54, 1.807) is 7.11 Å². The van der Waals surface area contributed by atoms with Crippen LogP contribution in [0.3, 0.4) is 0 Å². The molecule has 1 aliphatic carbocycles. The van der Waals surface area contributed by atoms with E-state index in [0.717, 1.165) is 18.9 Å². The number of rotatable bonds is 4. The molecule has 0 bridgehead atoms. The van der Waals surface area contributed by atoms with Gasteiger partial charge in [-0.05, 0) is 25.0 Å². The maximum absolute atomic E-state index is 13.3. The van der Waals surface area contributed by atoms with Gasteiger partial charge in [0.25, 0.3) is 0 Å². The number of hydrogen-bond donors (Lipinski definition) is 1. The Kier molecular flexibility index (Phi) is 3.23. The van der Waals surface area contributed by atoms with Crippen molar-refractivity contribution < 1.29 is 14.1 Å². The zero-order valence-corrected chi connectivity index (χ0v) is 9.35. The fourth-order valence-electron chi connectivity index (χ4n) is 1.91. The van der Waals surface area contributed by atoms with Crippen molar-refractivity contribution in [2.45, 2.75) is 25.0 Å². The highest BCUT2D eigenvalue weighted by Gasteiger charge is 2.31. The molecule has 2 rings (SSSR count). The first kappa shape index (κ1) is 11.8. The van der Waals surface area contributed by atoms with E-state index in [1.807, 2.05) is 0 Å². The Morgan fingerprint density at radius 2 is 2.24 bits per heavy atom. The summed E-state index contributed by atoms with van der Waals surface area (Å²) in [6.07, 6.45) is 1.76. The second kappa shape index (κ2) is 4.67. The molecule has 0 unspecified atom stereocenters. The lowest BCUT2D eigenvalue weighted by atomic mass is 9.89. The van der Waals surface area contributed by atoms with E-state index in [-0.39, 0.29) is 17.8 Å². The number of nitro benzene ring substituents is 1. The molecule has 0 saturated heterocycles. The molecule has 0 radical (unpaired) electrons. The van der Waals surface area contributed by atoms with Crippen LogP contribution in [0.2, 0.25) is 0 Å². The van der Waals surface area contributed by atoms with Crippen molar-refractivity contribution in [3.8, 4) is 0 Å². The van der Waals surface area contributed by atoms with Crippen LogP contribution in [0, 0.1) is 15.9 Å². The number of nitrogens with zero attached hydrogens (tertiary/aromatic N) is 1. The van der Waals surface area contributed by atoms with Crippen LogP contribution < -0.4 is 5.32 Å². The Labute approximate surface area is 97.7 Å². The van der Waals surface area contributed by atoms with Crippen molar-refractivity contribution in [1.29, 1.82) is 0 Å². The summed E-state index contributed by atoms with van der Waals surface area (Å²) in [5, 5.41) is 13.7. The molecule has 6 heteroatoms. The van der Waals surface area contributed by atoms with Gasteiger partial charge in [0.2, 0.25) is 5.82 Å². The van der Waals surface area contributed by atoms with Crippen LogP contribution in [0.25, 0.3) is 0 Å². The lowest BCUT2D eigenvalue weighted by molar-refractivity contribution is -0.386. The fourth-order valence-corrected chi connectivity index (χ4v) is 1.91. The van der Waals surface area contributed by atoms with E-state index < -0.39 is 16.4 Å². The SMILES string of the molecule is COC1CC(Nc2cccc(F)c2[N+](=O)[O-])C1. The van der Waals surface area contributed by atoms with Gasteiger partial charge in [0, 0.05) is 13.2 Å². The smallest absolute Gasteiger partial charge is 0.327 e. The van der Waals surface area contributed by atoms with Crippen molar-refractivity contribution in [2.24, 2.45) is 0 Å². The van der Waals surface area contributed by atoms with Crippen LogP contribution >= 0.6 is 0 Å². The molecule has 1 aromatic carbocycles. The second-order valence-corrected chi connectivity index (χ2v) is 4.06. The summed E-state index contributed by atoms with van der Waals surface area (Å²) in [5.74, 6) is -0.817. The van der Waals surface area contributed by atoms with Crippen LogP contribution in [-0.2, 0) is 4.74 Å². The predicted molar refractivity (Wildman–Crippen MR) is 60.5 cm³/mol. The molecule has 1 N–H and O–H groups in total. The van der Waals surface area contributed by atoms with E-state index in [9.17, 15) is 14.5 Å². The van der Waals surface area contributed by atoms with Gasteiger partial charge in [-0.1, -0.05) is 6.07 Å². The molecular formula is C11H13FN2O3. The molecule has 92 valence electrons. The second-order valence-electron chi connectivity index (χ2n) is 4.06. The number of anilines is 1. The molecule has 0 aliphatic heterocycles. The first-order valence-electron chi connectivity index (χ1n) is 5.34. The molecule has 1 aromatic rings. The molecule has 5 nitrogen and oxygen atoms in total. The standard InChI is InChI=1S/C11H13FN2O3/c1-17-8-5-7(6-8)13-10-4-2-3-9(12)11(10)14(15)16/h2-4,7-8,13H,5-6H2,1H3. The van der Waals surface area contributed by atoms with E-state index in [1.165, 1.54) is 12.1 Å². The van der Waals surface area contributed by atoms with Crippen molar-refractivity contribution in [3.05, 3.63) is 34.1 Å². The summed E-state index contributed by atoms with van der Waals surface area (Å²) < 4.78 is 18.4. The van der Waals surface area contributed by atoms with Gasteiger partial charge in [-0.3, -0.25) is 10.1 Å². The molecule has 0 aromatic heterocycles. The van der Waals surface area contributed by atoms with Crippen LogP contribution in [0.5, 0.6) is 0 Å². The molecule has 1 aliphatic rings. The number of nitrogens with one attached hydrogen (secondary N) is 1.